The van der Waals surface area contributed by atoms with Gasteiger partial charge < -0.3 is 10.2 Å². The quantitative estimate of drug-likeness (QED) is 0.570. The van der Waals surface area contributed by atoms with Crippen LogP contribution in [0.2, 0.25) is 0 Å². The van der Waals surface area contributed by atoms with Crippen LogP contribution in [0, 0.1) is 0 Å². The van der Waals surface area contributed by atoms with Crippen molar-refractivity contribution in [3.8, 4) is 0 Å². The maximum Gasteiger partial charge on any atom is 0.422 e. The molecule has 0 bridgehead atoms. The van der Waals surface area contributed by atoms with Gasteiger partial charge in [0.05, 0.1) is 20.5 Å². The van der Waals surface area contributed by atoms with Gasteiger partial charge in [0.1, 0.15) is 12.6 Å². The lowest BCUT2D eigenvalue weighted by Crippen LogP contribution is -2.56. The smallest absolute Gasteiger partial charge is 0.422 e. The summed E-state index contributed by atoms with van der Waals surface area (Å²) < 4.78 is -0.305. The van der Waals surface area contributed by atoms with Crippen molar-refractivity contribution >= 4 is 17.9 Å². The highest BCUT2D eigenvalue weighted by Gasteiger charge is 2.31. The minimum atomic E-state index is -1.14. The number of aliphatic carboxylic acids is 1. The maximum atomic E-state index is 11.6. The molecule has 0 aliphatic heterocycles. The molecule has 0 radical (unpaired) electrons. The van der Waals surface area contributed by atoms with Crippen LogP contribution < -0.4 is 5.32 Å². The minimum Gasteiger partial charge on any atom is -0.481 e. The number of likely N-dealkylation sites (N-methyl/N-ethyl adjacent to an activating group) is 1. The second-order valence-electron chi connectivity index (χ2n) is 4.33. The Labute approximate surface area is 99.6 Å². The highest BCUT2D eigenvalue weighted by Crippen LogP contribution is 2.04. The van der Waals surface area contributed by atoms with Gasteiger partial charge in [0, 0.05) is 6.42 Å². The number of carbonyl (C=O) groups is 3. The second-order valence-corrected chi connectivity index (χ2v) is 4.33. The molecule has 98 valence electrons. The van der Waals surface area contributed by atoms with Gasteiger partial charge in [-0.3, -0.25) is 9.59 Å². The van der Waals surface area contributed by atoms with Crippen molar-refractivity contribution in [2.75, 3.05) is 20.6 Å². The highest BCUT2D eigenvalue weighted by molar-refractivity contribution is 5.91. The van der Waals surface area contributed by atoms with Crippen LogP contribution >= 0.6 is 0 Å². The summed E-state index contributed by atoms with van der Waals surface area (Å²) in [6.07, 6.45) is -1.38. The number of nitrogens with zero attached hydrogens (tertiary/aromatic N) is 1. The average molecular weight is 247 g/mol. The molecule has 0 heterocycles. The van der Waals surface area contributed by atoms with Gasteiger partial charge in [-0.2, -0.15) is 0 Å². The number of aliphatic hydroxyl groups excluding tert-OH is 1. The predicted octanol–water partition coefficient (Wildman–Crippen LogP) is -0.455. The molecule has 0 aromatic rings. The predicted molar refractivity (Wildman–Crippen MR) is 59.1 cm³/mol. The van der Waals surface area contributed by atoms with Gasteiger partial charge in [0.2, 0.25) is 5.91 Å². The summed E-state index contributed by atoms with van der Waals surface area (Å²) in [6, 6.07) is -0.568. The van der Waals surface area contributed by atoms with E-state index in [0.29, 0.717) is 0 Å². The molecule has 3 N–H and O–H groups in total. The van der Waals surface area contributed by atoms with E-state index in [9.17, 15) is 19.5 Å². The monoisotopic (exact) mass is 247 g/mol. The third-order valence-corrected chi connectivity index (χ3v) is 2.19. The van der Waals surface area contributed by atoms with Crippen LogP contribution in [-0.4, -0.2) is 59.3 Å². The molecular formula is C10H19N2O5+. The van der Waals surface area contributed by atoms with E-state index in [1.165, 1.54) is 14.1 Å². The number of aliphatic hydroxyl groups is 1. The number of quaternary nitrogens is 1. The van der Waals surface area contributed by atoms with Gasteiger partial charge in [0.25, 0.3) is 0 Å². The van der Waals surface area contributed by atoms with E-state index < -0.39 is 30.4 Å². The third kappa shape index (κ3) is 5.98. The Morgan fingerprint density at radius 3 is 2.24 bits per heavy atom. The van der Waals surface area contributed by atoms with Crippen molar-refractivity contribution in [1.82, 2.24) is 5.32 Å². The van der Waals surface area contributed by atoms with E-state index in [0.717, 1.165) is 0 Å². The fourth-order valence-corrected chi connectivity index (χ4v) is 1.23. The number of urea groups is 1. The first kappa shape index (κ1) is 15.5. The lowest BCUT2D eigenvalue weighted by atomic mass is 10.2. The van der Waals surface area contributed by atoms with Crippen molar-refractivity contribution in [3.63, 3.8) is 0 Å². The molecule has 0 saturated heterocycles. The zero-order chi connectivity index (χ0) is 13.6. The molecule has 7 nitrogen and oxygen atoms in total. The van der Waals surface area contributed by atoms with E-state index >= 15 is 0 Å². The summed E-state index contributed by atoms with van der Waals surface area (Å²) in [7, 11) is 2.98. The lowest BCUT2D eigenvalue weighted by molar-refractivity contribution is -0.812. The van der Waals surface area contributed by atoms with Gasteiger partial charge >= 0.3 is 12.0 Å². The van der Waals surface area contributed by atoms with Gasteiger partial charge in [-0.25, -0.2) is 14.6 Å². The number of rotatable bonds is 5. The number of amides is 3. The molecular weight excluding hydrogens is 228 g/mol. The SMILES string of the molecule is CCC(=O)NC(=O)[N+](C)(C)CC(O)CC(=O)O. The Morgan fingerprint density at radius 2 is 1.82 bits per heavy atom. The maximum absolute atomic E-state index is 11.6. The molecule has 0 rings (SSSR count). The van der Waals surface area contributed by atoms with Crippen LogP contribution in [0.4, 0.5) is 4.79 Å². The fraction of sp³-hybridized carbons (Fsp3) is 0.700. The van der Waals surface area contributed by atoms with Crippen molar-refractivity contribution < 1.29 is 29.1 Å². The molecule has 7 heteroatoms. The zero-order valence-electron chi connectivity index (χ0n) is 10.3. The Morgan fingerprint density at radius 1 is 1.29 bits per heavy atom. The number of hydrogen-bond acceptors (Lipinski definition) is 4. The summed E-state index contributed by atoms with van der Waals surface area (Å²) in [6.45, 7) is 1.54. The molecule has 0 fully saturated rings. The van der Waals surface area contributed by atoms with E-state index in [1.54, 1.807) is 6.92 Å². The molecule has 17 heavy (non-hydrogen) atoms. The minimum absolute atomic E-state index is 0.0743. The number of imide groups is 1. The standard InChI is InChI=1S/C10H18N2O5/c1-4-8(14)11-10(17)12(2,3)6-7(13)5-9(15)16/h7,13H,4-6H2,1-3H3,(H-,11,14,15,16,17)/p+1. The molecule has 1 atom stereocenters. The summed E-state index contributed by atoms with van der Waals surface area (Å²) in [4.78, 5) is 33.0. The zero-order valence-corrected chi connectivity index (χ0v) is 10.3. The first-order valence-electron chi connectivity index (χ1n) is 5.26. The number of nitrogens with one attached hydrogen (secondary N) is 1. The van der Waals surface area contributed by atoms with E-state index in [2.05, 4.69) is 5.32 Å². The molecule has 0 saturated carbocycles. The van der Waals surface area contributed by atoms with Gasteiger partial charge in [-0.15, -0.1) is 0 Å². The van der Waals surface area contributed by atoms with Crippen LogP contribution in [0.25, 0.3) is 0 Å². The molecule has 1 unspecified atom stereocenters. The highest BCUT2D eigenvalue weighted by atomic mass is 16.4. The van der Waals surface area contributed by atoms with Crippen LogP contribution in [0.15, 0.2) is 0 Å². The Balaban J connectivity index is 4.40. The molecule has 0 spiro atoms. The van der Waals surface area contributed by atoms with Gasteiger partial charge in [-0.05, 0) is 0 Å². The van der Waals surface area contributed by atoms with Gasteiger partial charge in [0.15, 0.2) is 0 Å². The Hall–Kier alpha value is -1.47. The van der Waals surface area contributed by atoms with E-state index in [-0.39, 0.29) is 17.4 Å². The van der Waals surface area contributed by atoms with Crippen LogP contribution in [-0.2, 0) is 9.59 Å². The molecule has 3 amide bonds. The number of carbonyl (C=O) groups excluding carboxylic acids is 2. The van der Waals surface area contributed by atoms with Crippen molar-refractivity contribution in [2.45, 2.75) is 25.9 Å². The second kappa shape index (κ2) is 6.31. The molecule has 0 aromatic carbocycles. The topological polar surface area (TPSA) is 104 Å². The summed E-state index contributed by atoms with van der Waals surface area (Å²) in [5.74, 6) is -1.54. The number of carboxylic acids is 1. The fourth-order valence-electron chi connectivity index (χ4n) is 1.23. The van der Waals surface area contributed by atoms with Crippen LogP contribution in [0.3, 0.4) is 0 Å². The first-order chi connectivity index (χ1) is 7.69. The van der Waals surface area contributed by atoms with Crippen molar-refractivity contribution in [2.24, 2.45) is 0 Å². The summed E-state index contributed by atoms with van der Waals surface area (Å²) in [5.41, 5.74) is 0. The van der Waals surface area contributed by atoms with Crippen LogP contribution in [0.5, 0.6) is 0 Å². The van der Waals surface area contributed by atoms with Crippen LogP contribution in [0.1, 0.15) is 19.8 Å². The molecule has 0 aliphatic rings. The Kier molecular flexibility index (Phi) is 5.77. The Bertz CT molecular complexity index is 314. The average Bonchev–Trinajstić information content (AvgIpc) is 2.14. The lowest BCUT2D eigenvalue weighted by Gasteiger charge is -2.27. The molecule has 0 aromatic heterocycles. The van der Waals surface area contributed by atoms with E-state index in [4.69, 9.17) is 5.11 Å². The molecule has 0 aliphatic carbocycles. The third-order valence-electron chi connectivity index (χ3n) is 2.19. The normalized spacial score (nSPS) is 12.9. The van der Waals surface area contributed by atoms with Gasteiger partial charge in [-0.1, -0.05) is 6.92 Å². The summed E-state index contributed by atoms with van der Waals surface area (Å²) >= 11 is 0. The largest absolute Gasteiger partial charge is 0.481 e. The van der Waals surface area contributed by atoms with Crippen molar-refractivity contribution in [1.29, 1.82) is 0 Å². The number of hydrogen-bond donors (Lipinski definition) is 3. The number of carboxylic acid groups (broad SMARTS) is 1. The van der Waals surface area contributed by atoms with Crippen molar-refractivity contribution in [3.05, 3.63) is 0 Å². The first-order valence-corrected chi connectivity index (χ1v) is 5.26. The summed E-state index contributed by atoms with van der Waals surface area (Å²) in [5, 5.41) is 20.1. The van der Waals surface area contributed by atoms with E-state index in [1.807, 2.05) is 0 Å².